The van der Waals surface area contributed by atoms with Crippen LogP contribution >= 0.6 is 0 Å². The van der Waals surface area contributed by atoms with Gasteiger partial charge in [0, 0.05) is 18.0 Å². The minimum absolute atomic E-state index is 0.312. The van der Waals surface area contributed by atoms with Crippen molar-refractivity contribution in [1.82, 2.24) is 9.97 Å². The summed E-state index contributed by atoms with van der Waals surface area (Å²) >= 11 is 0. The smallest absolute Gasteiger partial charge is 0.131 e. The minimum Gasteiger partial charge on any atom is -0.382 e. The van der Waals surface area contributed by atoms with Gasteiger partial charge in [0.25, 0.3) is 0 Å². The number of benzene rings is 1. The van der Waals surface area contributed by atoms with Crippen LogP contribution in [0.4, 0.5) is 5.69 Å². The normalized spacial score (nSPS) is 10.9. The van der Waals surface area contributed by atoms with Crippen molar-refractivity contribution < 1.29 is 0 Å². The molecule has 0 unspecified atom stereocenters. The molecule has 0 spiro atoms. The van der Waals surface area contributed by atoms with E-state index >= 15 is 0 Å². The Morgan fingerprint density at radius 2 is 2.10 bits per heavy atom. The lowest BCUT2D eigenvalue weighted by molar-refractivity contribution is 0.775. The van der Waals surface area contributed by atoms with Gasteiger partial charge in [-0.15, -0.1) is 0 Å². The number of anilines is 1. The SMILES string of the molecule is Cc1cccc(-c2nc(C(C)C)ncc2NCCCN)c1. The molecule has 0 radical (unpaired) electrons. The van der Waals surface area contributed by atoms with Gasteiger partial charge in [0.05, 0.1) is 17.6 Å². The zero-order chi connectivity index (χ0) is 15.2. The molecule has 3 N–H and O–H groups in total. The second-order valence-electron chi connectivity index (χ2n) is 5.58. The molecule has 0 aliphatic heterocycles. The van der Waals surface area contributed by atoms with E-state index in [1.807, 2.05) is 6.20 Å². The van der Waals surface area contributed by atoms with Crippen LogP contribution in [0, 0.1) is 6.92 Å². The van der Waals surface area contributed by atoms with Gasteiger partial charge in [-0.3, -0.25) is 0 Å². The molecule has 112 valence electrons. The number of rotatable bonds is 6. The predicted octanol–water partition coefficient (Wildman–Crippen LogP) is 3.34. The van der Waals surface area contributed by atoms with Gasteiger partial charge >= 0.3 is 0 Å². The maximum Gasteiger partial charge on any atom is 0.131 e. The first-order valence-corrected chi connectivity index (χ1v) is 7.49. The first-order chi connectivity index (χ1) is 10.1. The largest absolute Gasteiger partial charge is 0.382 e. The van der Waals surface area contributed by atoms with E-state index in [0.29, 0.717) is 12.5 Å². The standard InChI is InChI=1S/C17H24N4/c1-12(2)17-20-11-15(19-9-5-8-18)16(21-17)14-7-4-6-13(3)10-14/h4,6-7,10-12,19H,5,8-9,18H2,1-3H3. The van der Waals surface area contributed by atoms with E-state index in [2.05, 4.69) is 55.3 Å². The lowest BCUT2D eigenvalue weighted by Crippen LogP contribution is -2.11. The fourth-order valence-electron chi connectivity index (χ4n) is 2.14. The molecule has 1 heterocycles. The van der Waals surface area contributed by atoms with Gasteiger partial charge in [-0.05, 0) is 26.0 Å². The fraction of sp³-hybridized carbons (Fsp3) is 0.412. The zero-order valence-corrected chi connectivity index (χ0v) is 13.1. The molecule has 4 nitrogen and oxygen atoms in total. The van der Waals surface area contributed by atoms with Crippen molar-refractivity contribution in [3.63, 3.8) is 0 Å². The van der Waals surface area contributed by atoms with Crippen LogP contribution in [-0.4, -0.2) is 23.1 Å². The van der Waals surface area contributed by atoms with Gasteiger partial charge in [0.2, 0.25) is 0 Å². The Morgan fingerprint density at radius 3 is 2.76 bits per heavy atom. The molecular formula is C17H24N4. The van der Waals surface area contributed by atoms with Crippen molar-refractivity contribution in [2.45, 2.75) is 33.1 Å². The fourth-order valence-corrected chi connectivity index (χ4v) is 2.14. The summed E-state index contributed by atoms with van der Waals surface area (Å²) in [6.45, 7) is 7.82. The molecule has 4 heteroatoms. The molecule has 1 aromatic heterocycles. The van der Waals surface area contributed by atoms with Crippen LogP contribution < -0.4 is 11.1 Å². The van der Waals surface area contributed by atoms with E-state index < -0.39 is 0 Å². The molecule has 2 rings (SSSR count). The van der Waals surface area contributed by atoms with Crippen LogP contribution in [0.1, 0.15) is 37.6 Å². The molecule has 0 saturated heterocycles. The van der Waals surface area contributed by atoms with Gasteiger partial charge in [-0.1, -0.05) is 37.6 Å². The van der Waals surface area contributed by atoms with Crippen molar-refractivity contribution >= 4 is 5.69 Å². The maximum atomic E-state index is 5.55. The average Bonchev–Trinajstić information content (AvgIpc) is 2.47. The summed E-state index contributed by atoms with van der Waals surface area (Å²) in [6.07, 6.45) is 2.82. The predicted molar refractivity (Wildman–Crippen MR) is 88.5 cm³/mol. The lowest BCUT2D eigenvalue weighted by atomic mass is 10.1. The quantitative estimate of drug-likeness (QED) is 0.799. The minimum atomic E-state index is 0.312. The average molecular weight is 284 g/mol. The van der Waals surface area contributed by atoms with Crippen LogP contribution in [0.25, 0.3) is 11.3 Å². The lowest BCUT2D eigenvalue weighted by Gasteiger charge is -2.14. The van der Waals surface area contributed by atoms with Gasteiger partial charge in [-0.2, -0.15) is 0 Å². The first kappa shape index (κ1) is 15.4. The Hall–Kier alpha value is -1.94. The Morgan fingerprint density at radius 1 is 1.29 bits per heavy atom. The van der Waals surface area contributed by atoms with Crippen molar-refractivity contribution in [3.05, 3.63) is 41.9 Å². The molecule has 0 aliphatic rings. The number of nitrogens with two attached hydrogens (primary N) is 1. The summed E-state index contributed by atoms with van der Waals surface area (Å²) in [5.74, 6) is 1.18. The highest BCUT2D eigenvalue weighted by Gasteiger charge is 2.11. The highest BCUT2D eigenvalue weighted by Crippen LogP contribution is 2.27. The molecule has 0 aliphatic carbocycles. The van der Waals surface area contributed by atoms with Crippen molar-refractivity contribution in [3.8, 4) is 11.3 Å². The molecule has 0 amide bonds. The van der Waals surface area contributed by atoms with Gasteiger partial charge in [0.15, 0.2) is 0 Å². The van der Waals surface area contributed by atoms with Crippen molar-refractivity contribution in [2.75, 3.05) is 18.4 Å². The third kappa shape index (κ3) is 4.02. The highest BCUT2D eigenvalue weighted by atomic mass is 15.0. The Bertz CT molecular complexity index is 593. The van der Waals surface area contributed by atoms with Crippen LogP contribution in [-0.2, 0) is 0 Å². The molecule has 21 heavy (non-hydrogen) atoms. The first-order valence-electron chi connectivity index (χ1n) is 7.49. The zero-order valence-electron chi connectivity index (χ0n) is 13.1. The van der Waals surface area contributed by atoms with Crippen LogP contribution in [0.15, 0.2) is 30.5 Å². The van der Waals surface area contributed by atoms with E-state index in [1.54, 1.807) is 0 Å². The number of hydrogen-bond acceptors (Lipinski definition) is 4. The second-order valence-corrected chi connectivity index (χ2v) is 5.58. The number of hydrogen-bond donors (Lipinski definition) is 2. The van der Waals surface area contributed by atoms with Gasteiger partial charge in [0.1, 0.15) is 5.82 Å². The van der Waals surface area contributed by atoms with Gasteiger partial charge < -0.3 is 11.1 Å². The Kier molecular flexibility index (Phi) is 5.28. The summed E-state index contributed by atoms with van der Waals surface area (Å²) in [7, 11) is 0. The maximum absolute atomic E-state index is 5.55. The summed E-state index contributed by atoms with van der Waals surface area (Å²) in [5.41, 5.74) is 9.84. The highest BCUT2D eigenvalue weighted by molar-refractivity contribution is 5.74. The number of nitrogens with zero attached hydrogens (tertiary/aromatic N) is 2. The summed E-state index contributed by atoms with van der Waals surface area (Å²) < 4.78 is 0. The number of aromatic nitrogens is 2. The van der Waals surface area contributed by atoms with Gasteiger partial charge in [-0.25, -0.2) is 9.97 Å². The number of nitrogens with one attached hydrogen (secondary N) is 1. The van der Waals surface area contributed by atoms with Crippen LogP contribution in [0.2, 0.25) is 0 Å². The van der Waals surface area contributed by atoms with Crippen LogP contribution in [0.5, 0.6) is 0 Å². The monoisotopic (exact) mass is 284 g/mol. The van der Waals surface area contributed by atoms with E-state index in [0.717, 1.165) is 35.7 Å². The van der Waals surface area contributed by atoms with E-state index in [4.69, 9.17) is 10.7 Å². The molecular weight excluding hydrogens is 260 g/mol. The Labute approximate surface area is 126 Å². The molecule has 0 saturated carbocycles. The summed E-state index contributed by atoms with van der Waals surface area (Å²) in [4.78, 5) is 9.22. The van der Waals surface area contributed by atoms with Crippen LogP contribution in [0.3, 0.4) is 0 Å². The summed E-state index contributed by atoms with van der Waals surface area (Å²) in [6, 6.07) is 8.40. The topological polar surface area (TPSA) is 63.8 Å². The molecule has 0 fully saturated rings. The van der Waals surface area contributed by atoms with E-state index in [-0.39, 0.29) is 0 Å². The molecule has 0 bridgehead atoms. The van der Waals surface area contributed by atoms with E-state index in [1.165, 1.54) is 5.56 Å². The summed E-state index contributed by atoms with van der Waals surface area (Å²) in [5, 5.41) is 3.39. The Balaban J connectivity index is 2.40. The second kappa shape index (κ2) is 7.18. The molecule has 2 aromatic rings. The molecule has 0 atom stereocenters. The van der Waals surface area contributed by atoms with E-state index in [9.17, 15) is 0 Å². The third-order valence-corrected chi connectivity index (χ3v) is 3.31. The van der Waals surface area contributed by atoms with Crippen molar-refractivity contribution in [1.29, 1.82) is 0 Å². The van der Waals surface area contributed by atoms with Crippen molar-refractivity contribution in [2.24, 2.45) is 5.73 Å². The third-order valence-electron chi connectivity index (χ3n) is 3.31. The number of aryl methyl sites for hydroxylation is 1. The molecule has 1 aromatic carbocycles.